The Bertz CT molecular complexity index is 409. The lowest BCUT2D eigenvalue weighted by molar-refractivity contribution is 0.0900. The molecule has 0 aromatic carbocycles. The van der Waals surface area contributed by atoms with E-state index in [1.807, 2.05) is 12.3 Å². The van der Waals surface area contributed by atoms with Crippen molar-refractivity contribution in [1.82, 2.24) is 5.32 Å². The van der Waals surface area contributed by atoms with Crippen molar-refractivity contribution >= 4 is 29.7 Å². The average molecular weight is 307 g/mol. The number of hydrogen-bond donors (Lipinski definition) is 2. The van der Waals surface area contributed by atoms with Crippen molar-refractivity contribution < 1.29 is 9.53 Å². The minimum atomic E-state index is -0.375. The quantitative estimate of drug-likeness (QED) is 0.849. The summed E-state index contributed by atoms with van der Waals surface area (Å²) < 4.78 is 5.15. The Morgan fingerprint density at radius 3 is 2.68 bits per heavy atom. The van der Waals surface area contributed by atoms with Gasteiger partial charge in [-0.2, -0.15) is 0 Å². The number of halogens is 1. The van der Waals surface area contributed by atoms with Crippen molar-refractivity contribution in [2.75, 3.05) is 13.7 Å². The molecule has 0 aliphatic rings. The van der Waals surface area contributed by atoms with Crippen LogP contribution < -0.4 is 15.8 Å². The molecule has 6 heteroatoms. The first-order valence-electron chi connectivity index (χ1n) is 6.06. The smallest absolute Gasteiger partial charge is 0.265 e. The third-order valence-electron chi connectivity index (χ3n) is 2.78. The van der Waals surface area contributed by atoms with Gasteiger partial charge in [-0.1, -0.05) is 13.8 Å². The van der Waals surface area contributed by atoms with Crippen molar-refractivity contribution in [1.29, 1.82) is 0 Å². The number of thiophene rings is 1. The molecule has 0 spiro atoms. The van der Waals surface area contributed by atoms with E-state index in [0.29, 0.717) is 23.1 Å². The molecule has 19 heavy (non-hydrogen) atoms. The van der Waals surface area contributed by atoms with E-state index in [-0.39, 0.29) is 23.9 Å². The largest absolute Gasteiger partial charge is 0.495 e. The number of ether oxygens (including phenoxy) is 1. The van der Waals surface area contributed by atoms with Crippen molar-refractivity contribution in [3.63, 3.8) is 0 Å². The van der Waals surface area contributed by atoms with Gasteiger partial charge in [0.2, 0.25) is 0 Å². The van der Waals surface area contributed by atoms with E-state index in [2.05, 4.69) is 19.2 Å². The van der Waals surface area contributed by atoms with Gasteiger partial charge in [-0.25, -0.2) is 0 Å². The molecule has 1 unspecified atom stereocenters. The monoisotopic (exact) mass is 306 g/mol. The summed E-state index contributed by atoms with van der Waals surface area (Å²) in [7, 11) is 1.56. The van der Waals surface area contributed by atoms with Gasteiger partial charge in [-0.3, -0.25) is 4.79 Å². The summed E-state index contributed by atoms with van der Waals surface area (Å²) in [6.45, 7) is 6.63. The second kappa shape index (κ2) is 7.72. The number of nitrogens with two attached hydrogens (primary N) is 1. The summed E-state index contributed by atoms with van der Waals surface area (Å²) in [5, 5.41) is 4.86. The highest BCUT2D eigenvalue weighted by atomic mass is 35.5. The minimum Gasteiger partial charge on any atom is -0.495 e. The van der Waals surface area contributed by atoms with Crippen LogP contribution >= 0.6 is 23.7 Å². The third kappa shape index (κ3) is 5.01. The minimum absolute atomic E-state index is 0. The Labute approximate surface area is 125 Å². The Morgan fingerprint density at radius 2 is 2.21 bits per heavy atom. The first kappa shape index (κ1) is 18.2. The van der Waals surface area contributed by atoms with Crippen LogP contribution in [0.2, 0.25) is 0 Å². The fraction of sp³-hybridized carbons (Fsp3) is 0.615. The van der Waals surface area contributed by atoms with E-state index in [4.69, 9.17) is 10.5 Å². The summed E-state index contributed by atoms with van der Waals surface area (Å²) in [6, 6.07) is 1.79. The maximum absolute atomic E-state index is 12.2. The predicted octanol–water partition coefficient (Wildman–Crippen LogP) is 2.67. The lowest BCUT2D eigenvalue weighted by Gasteiger charge is -2.31. The highest BCUT2D eigenvalue weighted by Gasteiger charge is 2.27. The Hall–Kier alpha value is -0.780. The fourth-order valence-electron chi connectivity index (χ4n) is 2.04. The molecule has 4 nitrogen and oxygen atoms in total. The second-order valence-electron chi connectivity index (χ2n) is 5.13. The van der Waals surface area contributed by atoms with Gasteiger partial charge in [0.1, 0.15) is 10.6 Å². The van der Waals surface area contributed by atoms with Gasteiger partial charge < -0.3 is 15.8 Å². The molecule has 0 radical (unpaired) electrons. The molecule has 110 valence electrons. The van der Waals surface area contributed by atoms with Crippen LogP contribution in [0.15, 0.2) is 11.4 Å². The van der Waals surface area contributed by atoms with Gasteiger partial charge in [0, 0.05) is 6.54 Å². The van der Waals surface area contributed by atoms with E-state index in [9.17, 15) is 4.79 Å². The fourth-order valence-corrected chi connectivity index (χ4v) is 2.79. The van der Waals surface area contributed by atoms with Crippen LogP contribution in [-0.2, 0) is 0 Å². The molecule has 1 rings (SSSR count). The number of rotatable bonds is 6. The van der Waals surface area contributed by atoms with Crippen LogP contribution in [0.25, 0.3) is 0 Å². The van der Waals surface area contributed by atoms with Gasteiger partial charge in [-0.05, 0) is 30.7 Å². The summed E-state index contributed by atoms with van der Waals surface area (Å²) in [4.78, 5) is 12.8. The first-order chi connectivity index (χ1) is 8.41. The topological polar surface area (TPSA) is 64.3 Å². The van der Waals surface area contributed by atoms with Crippen LogP contribution in [0.4, 0.5) is 0 Å². The molecule has 3 N–H and O–H groups in total. The summed E-state index contributed by atoms with van der Waals surface area (Å²) in [5.74, 6) is 0.973. The van der Waals surface area contributed by atoms with E-state index < -0.39 is 0 Å². The van der Waals surface area contributed by atoms with Crippen molar-refractivity contribution in [2.45, 2.75) is 32.7 Å². The lowest BCUT2D eigenvalue weighted by atomic mass is 9.90. The molecule has 1 heterocycles. The molecule has 0 fully saturated rings. The molecule has 0 bridgehead atoms. The van der Waals surface area contributed by atoms with Crippen LogP contribution in [0, 0.1) is 5.92 Å². The van der Waals surface area contributed by atoms with Gasteiger partial charge in [-0.15, -0.1) is 23.7 Å². The lowest BCUT2D eigenvalue weighted by Crippen LogP contribution is -2.52. The van der Waals surface area contributed by atoms with Crippen molar-refractivity contribution in [2.24, 2.45) is 11.7 Å². The molecular formula is C13H23ClN2O2S. The SMILES string of the molecule is COc1ccsc1C(=O)NC(C)(CN)CC(C)C.Cl. The highest BCUT2D eigenvalue weighted by Crippen LogP contribution is 2.25. The third-order valence-corrected chi connectivity index (χ3v) is 3.67. The first-order valence-corrected chi connectivity index (χ1v) is 6.94. The van der Waals surface area contributed by atoms with Gasteiger partial charge in [0.15, 0.2) is 0 Å². The second-order valence-corrected chi connectivity index (χ2v) is 6.05. The normalized spacial score (nSPS) is 13.6. The number of nitrogens with one attached hydrogen (secondary N) is 1. The molecule has 1 amide bonds. The maximum Gasteiger partial charge on any atom is 0.265 e. The van der Waals surface area contributed by atoms with Gasteiger partial charge in [0.05, 0.1) is 12.6 Å². The summed E-state index contributed by atoms with van der Waals surface area (Å²) in [5.41, 5.74) is 5.41. The van der Waals surface area contributed by atoms with Gasteiger partial charge >= 0.3 is 0 Å². The highest BCUT2D eigenvalue weighted by molar-refractivity contribution is 7.12. The van der Waals surface area contributed by atoms with Gasteiger partial charge in [0.25, 0.3) is 5.91 Å². The van der Waals surface area contributed by atoms with Crippen molar-refractivity contribution in [3.05, 3.63) is 16.3 Å². The van der Waals surface area contributed by atoms with Crippen LogP contribution in [0.3, 0.4) is 0 Å². The predicted molar refractivity (Wildman–Crippen MR) is 82.5 cm³/mol. The maximum atomic E-state index is 12.2. The van der Waals surface area contributed by atoms with E-state index in [1.165, 1.54) is 11.3 Å². The Morgan fingerprint density at radius 1 is 1.58 bits per heavy atom. The number of carbonyl (C=O) groups excluding carboxylic acids is 1. The zero-order valence-electron chi connectivity index (χ0n) is 11.9. The average Bonchev–Trinajstić information content (AvgIpc) is 2.75. The number of carbonyl (C=O) groups is 1. The number of methoxy groups -OCH3 is 1. The summed E-state index contributed by atoms with van der Waals surface area (Å²) >= 11 is 1.37. The zero-order chi connectivity index (χ0) is 13.8. The summed E-state index contributed by atoms with van der Waals surface area (Å²) in [6.07, 6.45) is 0.850. The van der Waals surface area contributed by atoms with E-state index >= 15 is 0 Å². The Balaban J connectivity index is 0.00000324. The molecule has 1 aromatic heterocycles. The van der Waals surface area contributed by atoms with Crippen molar-refractivity contribution in [3.8, 4) is 5.75 Å². The zero-order valence-corrected chi connectivity index (χ0v) is 13.5. The van der Waals surface area contributed by atoms with Crippen LogP contribution in [-0.4, -0.2) is 25.1 Å². The number of amides is 1. The Kier molecular flexibility index (Phi) is 7.41. The molecular weight excluding hydrogens is 284 g/mol. The molecule has 0 saturated heterocycles. The molecule has 0 saturated carbocycles. The molecule has 1 aromatic rings. The van der Waals surface area contributed by atoms with E-state index in [0.717, 1.165) is 6.42 Å². The number of hydrogen-bond acceptors (Lipinski definition) is 4. The molecule has 0 aliphatic carbocycles. The van der Waals surface area contributed by atoms with Crippen LogP contribution in [0.5, 0.6) is 5.75 Å². The molecule has 0 aliphatic heterocycles. The standard InChI is InChI=1S/C13H22N2O2S.ClH/c1-9(2)7-13(3,8-14)15-12(16)11-10(17-4)5-6-18-11;/h5-6,9H,7-8,14H2,1-4H3,(H,15,16);1H. The van der Waals surface area contributed by atoms with Crippen LogP contribution in [0.1, 0.15) is 36.9 Å². The van der Waals surface area contributed by atoms with E-state index in [1.54, 1.807) is 13.2 Å². The molecule has 1 atom stereocenters.